The smallest absolute Gasteiger partial charge is 0.410 e. The van der Waals surface area contributed by atoms with Crippen LogP contribution in [0.15, 0.2) is 36.4 Å². The number of ether oxygens (including phenoxy) is 2. The van der Waals surface area contributed by atoms with Gasteiger partial charge in [-0.3, -0.25) is 9.69 Å². The number of fused-ring (bicyclic) bond motifs is 1. The molecule has 4 heterocycles. The van der Waals surface area contributed by atoms with Gasteiger partial charge < -0.3 is 34.4 Å². The van der Waals surface area contributed by atoms with Gasteiger partial charge in [0.2, 0.25) is 0 Å². The van der Waals surface area contributed by atoms with Crippen LogP contribution in [0.2, 0.25) is 5.02 Å². The molecule has 12 nitrogen and oxygen atoms in total. The first-order valence-electron chi connectivity index (χ1n) is 19.1. The lowest BCUT2D eigenvalue weighted by atomic mass is 10.0. The first kappa shape index (κ1) is 38.7. The summed E-state index contributed by atoms with van der Waals surface area (Å²) in [7, 11) is 0. The molecule has 1 atom stereocenters. The summed E-state index contributed by atoms with van der Waals surface area (Å²) in [6.07, 6.45) is 2.23. The molecule has 2 aromatic carbocycles. The van der Waals surface area contributed by atoms with Crippen molar-refractivity contribution in [1.82, 2.24) is 24.5 Å². The molecular weight excluding hydrogens is 696 g/mol. The molecule has 4 aliphatic rings. The van der Waals surface area contributed by atoms with Crippen LogP contribution in [0, 0.1) is 13.8 Å². The van der Waals surface area contributed by atoms with Crippen molar-refractivity contribution in [3.05, 3.63) is 63.7 Å². The number of nitrogens with zero attached hydrogens (tertiary/aromatic N) is 5. The topological polar surface area (TPSA) is 115 Å². The number of rotatable bonds is 6. The number of para-hydroxylation sites is 1. The Morgan fingerprint density at radius 1 is 0.811 bits per heavy atom. The fourth-order valence-corrected chi connectivity index (χ4v) is 8.20. The van der Waals surface area contributed by atoms with E-state index in [1.807, 2.05) is 80.8 Å². The first-order chi connectivity index (χ1) is 25.3. The van der Waals surface area contributed by atoms with Gasteiger partial charge >= 0.3 is 18.2 Å². The van der Waals surface area contributed by atoms with Crippen molar-refractivity contribution < 1.29 is 28.7 Å². The van der Waals surface area contributed by atoms with Crippen molar-refractivity contribution in [2.45, 2.75) is 96.9 Å². The minimum Gasteiger partial charge on any atom is -0.444 e. The summed E-state index contributed by atoms with van der Waals surface area (Å²) in [5.41, 5.74) is 4.16. The predicted octanol–water partition coefficient (Wildman–Crippen LogP) is 6.10. The van der Waals surface area contributed by atoms with Crippen LogP contribution < -0.4 is 5.32 Å². The van der Waals surface area contributed by atoms with Gasteiger partial charge in [0.1, 0.15) is 5.60 Å². The third-order valence-corrected chi connectivity index (χ3v) is 11.6. The minimum atomic E-state index is -0.987. The van der Waals surface area contributed by atoms with Gasteiger partial charge in [0.05, 0.1) is 0 Å². The molecule has 13 heteroatoms. The summed E-state index contributed by atoms with van der Waals surface area (Å²) >= 11 is 6.47. The molecule has 0 aromatic heterocycles. The van der Waals surface area contributed by atoms with E-state index in [-0.39, 0.29) is 30.5 Å². The number of likely N-dealkylation sites (tertiary alicyclic amines) is 2. The lowest BCUT2D eigenvalue weighted by Crippen LogP contribution is -2.57. The van der Waals surface area contributed by atoms with Gasteiger partial charge in [-0.15, -0.1) is 0 Å². The first-order valence-corrected chi connectivity index (χ1v) is 19.5. The number of piperazine rings is 1. The number of urea groups is 1. The van der Waals surface area contributed by atoms with Gasteiger partial charge in [-0.05, 0) is 95.0 Å². The van der Waals surface area contributed by atoms with E-state index in [1.54, 1.807) is 9.80 Å². The summed E-state index contributed by atoms with van der Waals surface area (Å²) in [5.74, 6) is -0.196. The van der Waals surface area contributed by atoms with E-state index in [0.717, 1.165) is 47.2 Å². The number of piperidine rings is 2. The standard InChI is InChI=1S/C40H55ClN6O6/c1-27-24-29(25-28(2)35(27)41)26-34(36(48)44-22-20-43(21-23-44)31-11-15-46(16-12-31)39(51)53-40(3,4)5)52-38(50)45-17-13-32(14-18-45)47-19-10-30-8-6-7-9-33(30)42-37(47)49/h6-9,24-25,31-32,34H,10-23,26H2,1-5H3,(H,42,49). The Morgan fingerprint density at radius 3 is 2.02 bits per heavy atom. The molecule has 3 saturated heterocycles. The molecule has 3 fully saturated rings. The van der Waals surface area contributed by atoms with Gasteiger partial charge in [0.25, 0.3) is 5.91 Å². The maximum atomic E-state index is 14.2. The van der Waals surface area contributed by atoms with Crippen molar-refractivity contribution in [2.75, 3.05) is 64.2 Å². The van der Waals surface area contributed by atoms with Crippen molar-refractivity contribution in [3.8, 4) is 0 Å². The highest BCUT2D eigenvalue weighted by Crippen LogP contribution is 2.27. The summed E-state index contributed by atoms with van der Waals surface area (Å²) < 4.78 is 11.7. The molecule has 288 valence electrons. The van der Waals surface area contributed by atoms with Gasteiger partial charge in [0, 0.05) is 88.1 Å². The van der Waals surface area contributed by atoms with Crippen LogP contribution in [0.5, 0.6) is 0 Å². The van der Waals surface area contributed by atoms with Gasteiger partial charge in [0.15, 0.2) is 6.10 Å². The number of benzene rings is 2. The van der Waals surface area contributed by atoms with Gasteiger partial charge in [-0.1, -0.05) is 41.9 Å². The second-order valence-electron chi connectivity index (χ2n) is 15.9. The summed E-state index contributed by atoms with van der Waals surface area (Å²) in [5, 5.41) is 3.74. The highest BCUT2D eigenvalue weighted by atomic mass is 35.5. The van der Waals surface area contributed by atoms with Crippen LogP contribution in [-0.4, -0.2) is 131 Å². The molecule has 1 N–H and O–H groups in total. The number of hydrogen-bond acceptors (Lipinski definition) is 7. The van der Waals surface area contributed by atoms with Crippen LogP contribution in [0.25, 0.3) is 0 Å². The lowest BCUT2D eigenvalue weighted by Gasteiger charge is -2.43. The second kappa shape index (κ2) is 16.5. The van der Waals surface area contributed by atoms with Crippen molar-refractivity contribution >= 4 is 41.4 Å². The fraction of sp³-hybridized carbons (Fsp3) is 0.600. The second-order valence-corrected chi connectivity index (χ2v) is 16.3. The van der Waals surface area contributed by atoms with E-state index < -0.39 is 17.8 Å². The lowest BCUT2D eigenvalue weighted by molar-refractivity contribution is -0.143. The Balaban J connectivity index is 1.05. The molecule has 0 saturated carbocycles. The Bertz CT molecular complexity index is 1630. The molecule has 0 spiro atoms. The Morgan fingerprint density at radius 2 is 1.40 bits per heavy atom. The highest BCUT2D eigenvalue weighted by Gasteiger charge is 2.37. The van der Waals surface area contributed by atoms with Crippen molar-refractivity contribution in [3.63, 3.8) is 0 Å². The zero-order chi connectivity index (χ0) is 37.9. The summed E-state index contributed by atoms with van der Waals surface area (Å²) in [4.78, 5) is 63.2. The van der Waals surface area contributed by atoms with Gasteiger partial charge in [-0.2, -0.15) is 0 Å². The van der Waals surface area contributed by atoms with Crippen molar-refractivity contribution in [1.29, 1.82) is 0 Å². The number of halogens is 1. The Labute approximate surface area is 318 Å². The molecule has 1 unspecified atom stereocenters. The molecule has 0 radical (unpaired) electrons. The number of anilines is 1. The monoisotopic (exact) mass is 750 g/mol. The normalized spacial score (nSPS) is 20.0. The maximum absolute atomic E-state index is 14.2. The molecule has 0 bridgehead atoms. The quantitative estimate of drug-likeness (QED) is 0.380. The molecular formula is C40H55ClN6O6. The molecule has 5 amide bonds. The molecule has 0 aliphatic carbocycles. The van der Waals surface area contributed by atoms with E-state index in [9.17, 15) is 19.2 Å². The van der Waals surface area contributed by atoms with E-state index in [1.165, 1.54) is 0 Å². The van der Waals surface area contributed by atoms with E-state index in [2.05, 4.69) is 10.2 Å². The average molecular weight is 751 g/mol. The average Bonchev–Trinajstić information content (AvgIpc) is 3.30. The number of hydrogen-bond donors (Lipinski definition) is 1. The fourth-order valence-electron chi connectivity index (χ4n) is 8.09. The number of carbonyl (C=O) groups excluding carboxylic acids is 4. The zero-order valence-corrected chi connectivity index (χ0v) is 32.6. The largest absolute Gasteiger partial charge is 0.444 e. The molecule has 2 aromatic rings. The number of aryl methyl sites for hydroxylation is 2. The zero-order valence-electron chi connectivity index (χ0n) is 31.9. The molecule has 4 aliphatic heterocycles. The van der Waals surface area contributed by atoms with E-state index in [0.29, 0.717) is 82.8 Å². The third kappa shape index (κ3) is 9.56. The Hall–Kier alpha value is -4.03. The molecule has 6 rings (SSSR count). The number of carbonyl (C=O) groups is 4. The van der Waals surface area contributed by atoms with Crippen LogP contribution in [0.1, 0.15) is 68.7 Å². The van der Waals surface area contributed by atoms with E-state index in [4.69, 9.17) is 21.1 Å². The van der Waals surface area contributed by atoms with Crippen LogP contribution in [0.3, 0.4) is 0 Å². The Kier molecular flexibility index (Phi) is 12.1. The minimum absolute atomic E-state index is 0.00616. The van der Waals surface area contributed by atoms with Crippen LogP contribution >= 0.6 is 11.6 Å². The third-order valence-electron chi connectivity index (χ3n) is 11.0. The summed E-state index contributed by atoms with van der Waals surface area (Å²) in [6.45, 7) is 14.8. The maximum Gasteiger partial charge on any atom is 0.410 e. The van der Waals surface area contributed by atoms with Crippen LogP contribution in [0.4, 0.5) is 20.1 Å². The predicted molar refractivity (Wildman–Crippen MR) is 204 cm³/mol. The molecule has 53 heavy (non-hydrogen) atoms. The number of amides is 5. The number of nitrogens with one attached hydrogen (secondary N) is 1. The van der Waals surface area contributed by atoms with Gasteiger partial charge in [-0.25, -0.2) is 14.4 Å². The summed E-state index contributed by atoms with van der Waals surface area (Å²) in [6, 6.07) is 12.0. The highest BCUT2D eigenvalue weighted by molar-refractivity contribution is 6.32. The SMILES string of the molecule is Cc1cc(CC(OC(=O)N2CCC(N3CCc4ccccc4NC3=O)CC2)C(=O)N2CCN(C3CCN(C(=O)OC(C)(C)C)CC3)CC2)cc(C)c1Cl. The van der Waals surface area contributed by atoms with Crippen molar-refractivity contribution in [2.24, 2.45) is 0 Å². The van der Waals surface area contributed by atoms with Crippen LogP contribution in [-0.2, 0) is 27.1 Å². The van der Waals surface area contributed by atoms with E-state index >= 15 is 0 Å².